The fraction of sp³-hybridized carbons (Fsp3) is 0.667. The molecular formula is C15H23N5O2. The Morgan fingerprint density at radius 2 is 2.36 bits per heavy atom. The van der Waals surface area contributed by atoms with E-state index in [4.69, 9.17) is 4.74 Å². The summed E-state index contributed by atoms with van der Waals surface area (Å²) in [5.41, 5.74) is -0.214. The molecule has 22 heavy (non-hydrogen) atoms. The van der Waals surface area contributed by atoms with Crippen molar-refractivity contribution in [3.63, 3.8) is 0 Å². The number of hydrogen-bond donors (Lipinski definition) is 2. The molecule has 2 amide bonds. The van der Waals surface area contributed by atoms with E-state index < -0.39 is 0 Å². The number of urea groups is 1. The number of amides is 2. The van der Waals surface area contributed by atoms with Gasteiger partial charge in [-0.25, -0.2) is 9.78 Å². The van der Waals surface area contributed by atoms with Crippen LogP contribution < -0.4 is 10.6 Å². The summed E-state index contributed by atoms with van der Waals surface area (Å²) in [6.07, 6.45) is 6.80. The summed E-state index contributed by atoms with van der Waals surface area (Å²) in [5.74, 6) is 0.764. The SMILES string of the molecule is CC(C)NC(=O)N1CC[C@@]2(C[C@H](Nc3cnccn3)CO2)C1. The molecule has 2 fully saturated rings. The van der Waals surface area contributed by atoms with Crippen molar-refractivity contribution in [2.24, 2.45) is 0 Å². The van der Waals surface area contributed by atoms with E-state index in [0.29, 0.717) is 13.2 Å². The maximum absolute atomic E-state index is 12.1. The molecule has 1 aromatic heterocycles. The number of ether oxygens (including phenoxy) is 1. The molecule has 2 N–H and O–H groups in total. The number of hydrogen-bond acceptors (Lipinski definition) is 5. The lowest BCUT2D eigenvalue weighted by atomic mass is 9.97. The van der Waals surface area contributed by atoms with E-state index in [1.807, 2.05) is 18.7 Å². The molecule has 0 aromatic carbocycles. The van der Waals surface area contributed by atoms with Gasteiger partial charge in [0.2, 0.25) is 0 Å². The van der Waals surface area contributed by atoms with Crippen LogP contribution in [0.3, 0.4) is 0 Å². The molecule has 3 rings (SSSR count). The first-order valence-electron chi connectivity index (χ1n) is 7.78. The first-order valence-corrected chi connectivity index (χ1v) is 7.78. The quantitative estimate of drug-likeness (QED) is 0.878. The van der Waals surface area contributed by atoms with Gasteiger partial charge in [-0.15, -0.1) is 0 Å². The van der Waals surface area contributed by atoms with Gasteiger partial charge in [0.25, 0.3) is 0 Å². The molecule has 1 spiro atoms. The van der Waals surface area contributed by atoms with Gasteiger partial charge in [0.05, 0.1) is 31.0 Å². The Kier molecular flexibility index (Phi) is 4.15. The molecule has 0 radical (unpaired) electrons. The highest BCUT2D eigenvalue weighted by Gasteiger charge is 2.46. The van der Waals surface area contributed by atoms with Crippen molar-refractivity contribution in [1.29, 1.82) is 0 Å². The molecule has 0 saturated carbocycles. The largest absolute Gasteiger partial charge is 0.371 e. The third-order valence-corrected chi connectivity index (χ3v) is 4.14. The maximum Gasteiger partial charge on any atom is 0.317 e. The second-order valence-corrected chi connectivity index (χ2v) is 6.41. The summed E-state index contributed by atoms with van der Waals surface area (Å²) in [7, 11) is 0. The van der Waals surface area contributed by atoms with Crippen molar-refractivity contribution in [3.05, 3.63) is 18.6 Å². The normalized spacial score (nSPS) is 27.6. The first kappa shape index (κ1) is 15.0. The van der Waals surface area contributed by atoms with Crippen molar-refractivity contribution >= 4 is 11.8 Å². The maximum atomic E-state index is 12.1. The van der Waals surface area contributed by atoms with Crippen LogP contribution in [0.5, 0.6) is 0 Å². The summed E-state index contributed by atoms with van der Waals surface area (Å²) in [5, 5.41) is 6.29. The van der Waals surface area contributed by atoms with Crippen molar-refractivity contribution in [3.8, 4) is 0 Å². The van der Waals surface area contributed by atoms with Crippen molar-refractivity contribution in [2.75, 3.05) is 25.0 Å². The van der Waals surface area contributed by atoms with Gasteiger partial charge in [-0.05, 0) is 20.3 Å². The van der Waals surface area contributed by atoms with Gasteiger partial charge in [0.1, 0.15) is 5.82 Å². The molecule has 1 aromatic rings. The standard InChI is InChI=1S/C15H23N5O2/c1-11(2)18-14(21)20-6-3-15(10-20)7-12(9-22-15)19-13-8-16-4-5-17-13/h4-5,8,11-12H,3,6-7,9-10H2,1-2H3,(H,17,19)(H,18,21)/t12-,15+/m0/s1. The van der Waals surface area contributed by atoms with Crippen LogP contribution >= 0.6 is 0 Å². The van der Waals surface area contributed by atoms with Gasteiger partial charge >= 0.3 is 6.03 Å². The number of likely N-dealkylation sites (tertiary alicyclic amines) is 1. The van der Waals surface area contributed by atoms with Crippen LogP contribution in [0, 0.1) is 0 Å². The summed E-state index contributed by atoms with van der Waals surface area (Å²) in [6.45, 7) is 5.98. The summed E-state index contributed by atoms with van der Waals surface area (Å²) in [4.78, 5) is 22.2. The molecule has 120 valence electrons. The molecule has 7 heteroatoms. The van der Waals surface area contributed by atoms with Gasteiger partial charge in [-0.1, -0.05) is 0 Å². The highest BCUT2D eigenvalue weighted by atomic mass is 16.5. The molecule has 2 saturated heterocycles. The van der Waals surface area contributed by atoms with Gasteiger partial charge in [0.15, 0.2) is 0 Å². The molecule has 7 nitrogen and oxygen atoms in total. The van der Waals surface area contributed by atoms with Crippen LogP contribution in [0.25, 0.3) is 0 Å². The zero-order valence-corrected chi connectivity index (χ0v) is 13.1. The Balaban J connectivity index is 1.55. The molecule has 3 heterocycles. The average molecular weight is 305 g/mol. The number of rotatable bonds is 3. The second-order valence-electron chi connectivity index (χ2n) is 6.41. The fourth-order valence-corrected chi connectivity index (χ4v) is 3.16. The van der Waals surface area contributed by atoms with Gasteiger partial charge in [-0.2, -0.15) is 0 Å². The Labute approximate surface area is 130 Å². The molecule has 0 bridgehead atoms. The summed E-state index contributed by atoms with van der Waals surface area (Å²) < 4.78 is 6.04. The number of carbonyl (C=O) groups is 1. The molecule has 2 atom stereocenters. The molecule has 2 aliphatic heterocycles. The Morgan fingerprint density at radius 3 is 3.09 bits per heavy atom. The number of aromatic nitrogens is 2. The molecule has 0 aliphatic carbocycles. The number of nitrogens with one attached hydrogen (secondary N) is 2. The van der Waals surface area contributed by atoms with E-state index in [9.17, 15) is 4.79 Å². The zero-order valence-electron chi connectivity index (χ0n) is 13.1. The predicted molar refractivity (Wildman–Crippen MR) is 82.6 cm³/mol. The van der Waals surface area contributed by atoms with E-state index >= 15 is 0 Å². The Bertz CT molecular complexity index is 524. The minimum atomic E-state index is -0.214. The second kappa shape index (κ2) is 6.08. The van der Waals surface area contributed by atoms with Crippen molar-refractivity contribution in [2.45, 2.75) is 44.4 Å². The van der Waals surface area contributed by atoms with Crippen molar-refractivity contribution < 1.29 is 9.53 Å². The number of carbonyl (C=O) groups excluding carboxylic acids is 1. The molecule has 2 aliphatic rings. The highest BCUT2D eigenvalue weighted by Crippen LogP contribution is 2.35. The number of nitrogens with zero attached hydrogens (tertiary/aromatic N) is 3. The van der Waals surface area contributed by atoms with Crippen LogP contribution in [-0.2, 0) is 4.74 Å². The smallest absolute Gasteiger partial charge is 0.317 e. The van der Waals surface area contributed by atoms with E-state index in [2.05, 4.69) is 20.6 Å². The minimum Gasteiger partial charge on any atom is -0.371 e. The van der Waals surface area contributed by atoms with E-state index in [-0.39, 0.29) is 23.7 Å². The van der Waals surface area contributed by atoms with E-state index in [0.717, 1.165) is 25.2 Å². The average Bonchev–Trinajstić information content (AvgIpc) is 3.07. The van der Waals surface area contributed by atoms with Crippen LogP contribution in [0.2, 0.25) is 0 Å². The molecular weight excluding hydrogens is 282 g/mol. The van der Waals surface area contributed by atoms with Gasteiger partial charge in [-0.3, -0.25) is 4.98 Å². The van der Waals surface area contributed by atoms with Crippen LogP contribution in [0.1, 0.15) is 26.7 Å². The topological polar surface area (TPSA) is 79.4 Å². The van der Waals surface area contributed by atoms with Crippen LogP contribution in [0.4, 0.5) is 10.6 Å². The third-order valence-electron chi connectivity index (χ3n) is 4.14. The first-order chi connectivity index (χ1) is 10.6. The van der Waals surface area contributed by atoms with Crippen molar-refractivity contribution in [1.82, 2.24) is 20.2 Å². The van der Waals surface area contributed by atoms with Crippen LogP contribution in [0.15, 0.2) is 18.6 Å². The lowest BCUT2D eigenvalue weighted by Crippen LogP contribution is -2.44. The molecule has 0 unspecified atom stereocenters. The van der Waals surface area contributed by atoms with Gasteiger partial charge < -0.3 is 20.3 Å². The third kappa shape index (κ3) is 3.30. The highest BCUT2D eigenvalue weighted by molar-refractivity contribution is 5.75. The van der Waals surface area contributed by atoms with Crippen LogP contribution in [-0.4, -0.2) is 58.3 Å². The Morgan fingerprint density at radius 1 is 1.50 bits per heavy atom. The Hall–Kier alpha value is -1.89. The van der Waals surface area contributed by atoms with Gasteiger partial charge in [0, 0.05) is 31.4 Å². The summed E-state index contributed by atoms with van der Waals surface area (Å²) >= 11 is 0. The van der Waals surface area contributed by atoms with E-state index in [1.54, 1.807) is 18.6 Å². The zero-order chi connectivity index (χ0) is 15.6. The fourth-order valence-electron chi connectivity index (χ4n) is 3.16. The summed E-state index contributed by atoms with van der Waals surface area (Å²) in [6, 6.07) is 0.366. The lowest BCUT2D eigenvalue weighted by molar-refractivity contribution is 0.0150. The number of anilines is 1. The monoisotopic (exact) mass is 305 g/mol. The predicted octanol–water partition coefficient (Wildman–Crippen LogP) is 1.24. The lowest BCUT2D eigenvalue weighted by Gasteiger charge is -2.24. The minimum absolute atomic E-state index is 0.000750. The van der Waals surface area contributed by atoms with E-state index in [1.165, 1.54) is 0 Å².